The van der Waals surface area contributed by atoms with E-state index in [4.69, 9.17) is 5.73 Å². The van der Waals surface area contributed by atoms with Gasteiger partial charge in [0.1, 0.15) is 0 Å². The summed E-state index contributed by atoms with van der Waals surface area (Å²) >= 11 is 0. The Hall–Kier alpha value is -0.420. The van der Waals surface area contributed by atoms with E-state index in [1.165, 1.54) is 0 Å². The molecule has 0 aromatic heterocycles. The Morgan fingerprint density at radius 3 is 1.74 bits per heavy atom. The standard InChI is InChI=1S/C14H11NO2.2Na/c15-8-5-6-11-12(7-8)14(17)10-4-2-1-3-9(10)13(11)16;;/h1-7,16-17H,15H2;;/q;2*+1/p-2. The number of fused-ring (bicyclic) bond motifs is 2. The molecule has 0 heterocycles. The smallest absolute Gasteiger partial charge is 0.872 e. The first kappa shape index (κ1) is 16.6. The first-order valence-electron chi connectivity index (χ1n) is 5.26. The number of nitrogen functional groups attached to an aromatic ring is 1. The molecule has 84 valence electrons. The Kier molecular flexibility index (Phi) is 5.56. The van der Waals surface area contributed by atoms with Crippen LogP contribution in [0.5, 0.6) is 11.5 Å². The van der Waals surface area contributed by atoms with Gasteiger partial charge in [0.05, 0.1) is 0 Å². The van der Waals surface area contributed by atoms with Crippen LogP contribution in [0.25, 0.3) is 21.5 Å². The normalized spacial score (nSPS) is 9.89. The third-order valence-corrected chi connectivity index (χ3v) is 2.95. The first-order chi connectivity index (χ1) is 8.18. The van der Waals surface area contributed by atoms with Gasteiger partial charge in [0.25, 0.3) is 0 Å². The van der Waals surface area contributed by atoms with E-state index < -0.39 is 0 Å². The number of rotatable bonds is 0. The predicted octanol–water partition coefficient (Wildman–Crippen LogP) is -4.27. The van der Waals surface area contributed by atoms with Crippen molar-refractivity contribution in [3.63, 3.8) is 0 Å². The van der Waals surface area contributed by atoms with Gasteiger partial charge in [0.2, 0.25) is 0 Å². The van der Waals surface area contributed by atoms with Crippen LogP contribution in [0.15, 0.2) is 42.5 Å². The molecule has 3 rings (SSSR count). The predicted molar refractivity (Wildman–Crippen MR) is 64.8 cm³/mol. The maximum Gasteiger partial charge on any atom is 1.00 e. The van der Waals surface area contributed by atoms with Crippen molar-refractivity contribution in [3.05, 3.63) is 42.5 Å². The van der Waals surface area contributed by atoms with Crippen LogP contribution in [0.3, 0.4) is 0 Å². The van der Waals surface area contributed by atoms with Gasteiger partial charge in [-0.3, -0.25) is 0 Å². The van der Waals surface area contributed by atoms with Crippen LogP contribution >= 0.6 is 0 Å². The average molecular weight is 269 g/mol. The van der Waals surface area contributed by atoms with Crippen molar-refractivity contribution in [3.8, 4) is 11.5 Å². The van der Waals surface area contributed by atoms with Crippen LogP contribution in [0.4, 0.5) is 5.69 Å². The zero-order chi connectivity index (χ0) is 12.0. The number of hydrogen-bond acceptors (Lipinski definition) is 3. The molecule has 3 nitrogen and oxygen atoms in total. The minimum Gasteiger partial charge on any atom is -0.872 e. The van der Waals surface area contributed by atoms with E-state index in [-0.39, 0.29) is 70.6 Å². The summed E-state index contributed by atoms with van der Waals surface area (Å²) < 4.78 is 0. The van der Waals surface area contributed by atoms with Crippen molar-refractivity contribution in [1.82, 2.24) is 0 Å². The van der Waals surface area contributed by atoms with Crippen LogP contribution in [0, 0.1) is 0 Å². The molecule has 5 heteroatoms. The molecule has 0 saturated heterocycles. The van der Waals surface area contributed by atoms with Gasteiger partial charge >= 0.3 is 59.1 Å². The summed E-state index contributed by atoms with van der Waals surface area (Å²) in [7, 11) is 0. The van der Waals surface area contributed by atoms with Gasteiger partial charge in [-0.1, -0.05) is 41.8 Å². The van der Waals surface area contributed by atoms with E-state index in [1.54, 1.807) is 42.5 Å². The Morgan fingerprint density at radius 1 is 0.684 bits per heavy atom. The zero-order valence-electron chi connectivity index (χ0n) is 10.9. The van der Waals surface area contributed by atoms with E-state index in [0.29, 0.717) is 27.2 Å². The Morgan fingerprint density at radius 2 is 1.16 bits per heavy atom. The maximum absolute atomic E-state index is 12.2. The molecule has 0 spiro atoms. The van der Waals surface area contributed by atoms with E-state index in [1.807, 2.05) is 0 Å². The molecule has 0 radical (unpaired) electrons. The van der Waals surface area contributed by atoms with Crippen molar-refractivity contribution in [2.24, 2.45) is 0 Å². The Labute approximate surface area is 155 Å². The third kappa shape index (κ3) is 2.72. The zero-order valence-corrected chi connectivity index (χ0v) is 14.9. The molecule has 0 aliphatic carbocycles. The quantitative estimate of drug-likeness (QED) is 0.255. The molecule has 0 atom stereocenters. The fourth-order valence-corrected chi connectivity index (χ4v) is 2.12. The number of benzene rings is 3. The van der Waals surface area contributed by atoms with Crippen LogP contribution in [0.2, 0.25) is 0 Å². The molecule has 3 aromatic carbocycles. The summed E-state index contributed by atoms with van der Waals surface area (Å²) in [6.07, 6.45) is 0. The number of hydrogen-bond donors (Lipinski definition) is 1. The molecule has 0 unspecified atom stereocenters. The Balaban J connectivity index is 0.000000902. The van der Waals surface area contributed by atoms with Gasteiger partial charge in [-0.15, -0.1) is 0 Å². The molecular weight excluding hydrogens is 260 g/mol. The van der Waals surface area contributed by atoms with E-state index >= 15 is 0 Å². The largest absolute Gasteiger partial charge is 1.00 e. The second-order valence-electron chi connectivity index (χ2n) is 4.01. The first-order valence-corrected chi connectivity index (χ1v) is 5.26. The molecular formula is C14H9NNa2O2. The summed E-state index contributed by atoms with van der Waals surface area (Å²) in [5.41, 5.74) is 6.14. The van der Waals surface area contributed by atoms with Gasteiger partial charge in [-0.2, -0.15) is 0 Å². The van der Waals surface area contributed by atoms with Gasteiger partial charge in [0.15, 0.2) is 0 Å². The average Bonchev–Trinajstić information content (AvgIpc) is 2.36. The summed E-state index contributed by atoms with van der Waals surface area (Å²) in [5.74, 6) is -0.252. The third-order valence-electron chi connectivity index (χ3n) is 2.95. The topological polar surface area (TPSA) is 72.1 Å². The minimum atomic E-state index is -0.137. The van der Waals surface area contributed by atoms with Crippen LogP contribution < -0.4 is 75.1 Å². The molecule has 0 aliphatic heterocycles. The molecule has 2 N–H and O–H groups in total. The molecule has 3 aromatic rings. The van der Waals surface area contributed by atoms with Gasteiger partial charge in [0, 0.05) is 5.69 Å². The SMILES string of the molecule is Nc1ccc2c([O-])c3ccccc3c([O-])c2c1.[Na+].[Na+]. The van der Waals surface area contributed by atoms with Crippen molar-refractivity contribution < 1.29 is 69.3 Å². The molecule has 0 fully saturated rings. The fraction of sp³-hybridized carbons (Fsp3) is 0. The van der Waals surface area contributed by atoms with E-state index in [9.17, 15) is 10.2 Å². The van der Waals surface area contributed by atoms with Gasteiger partial charge < -0.3 is 15.9 Å². The van der Waals surface area contributed by atoms with Gasteiger partial charge in [-0.25, -0.2) is 0 Å². The summed E-state index contributed by atoms with van der Waals surface area (Å²) in [6.45, 7) is 0. The molecule has 0 amide bonds. The van der Waals surface area contributed by atoms with Crippen LogP contribution in [-0.4, -0.2) is 0 Å². The summed E-state index contributed by atoms with van der Waals surface area (Å²) in [6, 6.07) is 11.7. The molecule has 0 aliphatic rings. The second kappa shape index (κ2) is 6.35. The van der Waals surface area contributed by atoms with Crippen LogP contribution in [-0.2, 0) is 0 Å². The summed E-state index contributed by atoms with van der Waals surface area (Å²) in [5, 5.41) is 26.1. The molecule has 19 heavy (non-hydrogen) atoms. The molecule has 0 saturated carbocycles. The van der Waals surface area contributed by atoms with Crippen LogP contribution in [0.1, 0.15) is 0 Å². The van der Waals surface area contributed by atoms with Crippen molar-refractivity contribution in [2.75, 3.05) is 5.73 Å². The summed E-state index contributed by atoms with van der Waals surface area (Å²) in [4.78, 5) is 0. The van der Waals surface area contributed by atoms with E-state index in [0.717, 1.165) is 0 Å². The molecule has 0 bridgehead atoms. The minimum absolute atomic E-state index is 0. The monoisotopic (exact) mass is 269 g/mol. The fourth-order valence-electron chi connectivity index (χ4n) is 2.12. The van der Waals surface area contributed by atoms with Crippen molar-refractivity contribution >= 4 is 27.2 Å². The number of nitrogens with two attached hydrogens (primary N) is 1. The van der Waals surface area contributed by atoms with Crippen molar-refractivity contribution in [2.45, 2.75) is 0 Å². The number of anilines is 1. The van der Waals surface area contributed by atoms with E-state index in [2.05, 4.69) is 0 Å². The van der Waals surface area contributed by atoms with Crippen molar-refractivity contribution in [1.29, 1.82) is 0 Å². The second-order valence-corrected chi connectivity index (χ2v) is 4.01. The Bertz CT molecular complexity index is 744. The maximum atomic E-state index is 12.2. The van der Waals surface area contributed by atoms with Gasteiger partial charge in [-0.05, 0) is 33.7 Å².